The van der Waals surface area contributed by atoms with Gasteiger partial charge in [-0.1, -0.05) is 17.7 Å². The molecule has 0 aliphatic heterocycles. The van der Waals surface area contributed by atoms with E-state index in [1.54, 1.807) is 30.3 Å². The monoisotopic (exact) mass is 376 g/mol. The van der Waals surface area contributed by atoms with Crippen molar-refractivity contribution in [3.8, 4) is 11.4 Å². The third kappa shape index (κ3) is 3.98. The third-order valence-corrected chi connectivity index (χ3v) is 4.60. The number of benzene rings is 2. The standard InChI is InChI=1S/C23H24N2O3/c1-5-28-20-12-8-18(9-13-20)24-23(27)22(26)21-14-16(3)25(17(21)4)19-10-6-15(2)7-11-19/h6-14H,5H2,1-4H3,(H,24,27). The number of aryl methyl sites for hydroxylation is 2. The number of hydrogen-bond acceptors (Lipinski definition) is 3. The lowest BCUT2D eigenvalue weighted by Crippen LogP contribution is -2.23. The Kier molecular flexibility index (Phi) is 5.64. The number of aromatic nitrogens is 1. The maximum Gasteiger partial charge on any atom is 0.296 e. The number of ether oxygens (including phenoxy) is 1. The van der Waals surface area contributed by atoms with Gasteiger partial charge in [0.05, 0.1) is 6.61 Å². The van der Waals surface area contributed by atoms with Gasteiger partial charge in [-0.25, -0.2) is 0 Å². The fourth-order valence-corrected chi connectivity index (χ4v) is 3.20. The van der Waals surface area contributed by atoms with Crippen molar-refractivity contribution < 1.29 is 14.3 Å². The Hall–Kier alpha value is -3.34. The van der Waals surface area contributed by atoms with Crippen molar-refractivity contribution >= 4 is 17.4 Å². The Morgan fingerprint density at radius 3 is 2.21 bits per heavy atom. The van der Waals surface area contributed by atoms with Gasteiger partial charge in [0, 0.05) is 28.3 Å². The first-order valence-corrected chi connectivity index (χ1v) is 9.25. The Morgan fingerprint density at radius 2 is 1.61 bits per heavy atom. The summed E-state index contributed by atoms with van der Waals surface area (Å²) in [7, 11) is 0. The summed E-state index contributed by atoms with van der Waals surface area (Å²) in [4.78, 5) is 25.2. The SMILES string of the molecule is CCOc1ccc(NC(=O)C(=O)c2cc(C)n(-c3ccc(C)cc3)c2C)cc1. The fraction of sp³-hybridized carbons (Fsp3) is 0.217. The van der Waals surface area contributed by atoms with Gasteiger partial charge in [0.25, 0.3) is 11.7 Å². The summed E-state index contributed by atoms with van der Waals surface area (Å²) in [6.07, 6.45) is 0. The second-order valence-electron chi connectivity index (χ2n) is 6.70. The number of rotatable bonds is 6. The number of nitrogens with zero attached hydrogens (tertiary/aromatic N) is 1. The summed E-state index contributed by atoms with van der Waals surface area (Å²) in [6.45, 7) is 8.28. The Morgan fingerprint density at radius 1 is 0.964 bits per heavy atom. The van der Waals surface area contributed by atoms with Crippen LogP contribution in [0.15, 0.2) is 54.6 Å². The van der Waals surface area contributed by atoms with Crippen LogP contribution in [-0.4, -0.2) is 22.9 Å². The van der Waals surface area contributed by atoms with E-state index in [1.165, 1.54) is 0 Å². The smallest absolute Gasteiger partial charge is 0.296 e. The van der Waals surface area contributed by atoms with Gasteiger partial charge in [0.1, 0.15) is 5.75 Å². The van der Waals surface area contributed by atoms with Crippen LogP contribution in [0.5, 0.6) is 5.75 Å². The molecule has 0 unspecified atom stereocenters. The van der Waals surface area contributed by atoms with Crippen molar-refractivity contribution in [2.75, 3.05) is 11.9 Å². The second-order valence-corrected chi connectivity index (χ2v) is 6.70. The van der Waals surface area contributed by atoms with Gasteiger partial charge in [-0.05, 0) is 70.2 Å². The lowest BCUT2D eigenvalue weighted by molar-refractivity contribution is -0.112. The molecule has 1 aromatic heterocycles. The molecule has 5 nitrogen and oxygen atoms in total. The number of nitrogens with one attached hydrogen (secondary N) is 1. The molecule has 2 aromatic carbocycles. The molecule has 28 heavy (non-hydrogen) atoms. The van der Waals surface area contributed by atoms with Crippen LogP contribution in [0, 0.1) is 20.8 Å². The molecule has 0 aliphatic rings. The Bertz CT molecular complexity index is 1000. The minimum atomic E-state index is -0.659. The van der Waals surface area contributed by atoms with Crippen molar-refractivity contribution in [3.05, 3.63) is 77.1 Å². The summed E-state index contributed by atoms with van der Waals surface area (Å²) in [5.41, 5.74) is 4.73. The van der Waals surface area contributed by atoms with E-state index in [2.05, 4.69) is 5.32 Å². The minimum Gasteiger partial charge on any atom is -0.494 e. The van der Waals surface area contributed by atoms with Crippen molar-refractivity contribution in [1.29, 1.82) is 0 Å². The van der Waals surface area contributed by atoms with Gasteiger partial charge < -0.3 is 14.6 Å². The number of carbonyl (C=O) groups is 2. The number of ketones is 1. The van der Waals surface area contributed by atoms with Crippen LogP contribution in [0.4, 0.5) is 5.69 Å². The zero-order chi connectivity index (χ0) is 20.3. The first-order chi connectivity index (χ1) is 13.4. The van der Waals surface area contributed by atoms with Crippen LogP contribution in [0.2, 0.25) is 0 Å². The minimum absolute atomic E-state index is 0.404. The molecule has 0 saturated carbocycles. The molecular formula is C23H24N2O3. The summed E-state index contributed by atoms with van der Waals surface area (Å²) in [5.74, 6) is -0.498. The number of anilines is 1. The van der Waals surface area contributed by atoms with Crippen LogP contribution in [0.3, 0.4) is 0 Å². The molecule has 3 aromatic rings. The average Bonchev–Trinajstić information content (AvgIpc) is 2.98. The van der Waals surface area contributed by atoms with E-state index >= 15 is 0 Å². The third-order valence-electron chi connectivity index (χ3n) is 4.60. The topological polar surface area (TPSA) is 60.3 Å². The number of carbonyl (C=O) groups excluding carboxylic acids is 2. The summed E-state index contributed by atoms with van der Waals surface area (Å²) >= 11 is 0. The average molecular weight is 376 g/mol. The zero-order valence-corrected chi connectivity index (χ0v) is 16.6. The second kappa shape index (κ2) is 8.13. The number of amides is 1. The molecule has 0 fully saturated rings. The molecule has 144 valence electrons. The molecule has 5 heteroatoms. The quantitative estimate of drug-likeness (QED) is 0.504. The van der Waals surface area contributed by atoms with Crippen molar-refractivity contribution in [1.82, 2.24) is 4.57 Å². The molecule has 0 atom stereocenters. The molecule has 1 N–H and O–H groups in total. The number of Topliss-reactive ketones (excluding diaryl/α,β-unsaturated/α-hetero) is 1. The van der Waals surface area contributed by atoms with Crippen molar-refractivity contribution in [3.63, 3.8) is 0 Å². The largest absolute Gasteiger partial charge is 0.494 e. The first-order valence-electron chi connectivity index (χ1n) is 9.25. The molecule has 0 bridgehead atoms. The summed E-state index contributed by atoms with van der Waals surface area (Å²) in [5, 5.41) is 2.66. The van der Waals surface area contributed by atoms with E-state index in [0.717, 1.165) is 22.6 Å². The van der Waals surface area contributed by atoms with Gasteiger partial charge in [0.15, 0.2) is 0 Å². The molecule has 0 radical (unpaired) electrons. The highest BCUT2D eigenvalue weighted by molar-refractivity contribution is 6.46. The lowest BCUT2D eigenvalue weighted by atomic mass is 10.1. The van der Waals surface area contributed by atoms with E-state index in [9.17, 15) is 9.59 Å². The predicted octanol–water partition coefficient (Wildman–Crippen LogP) is 4.62. The van der Waals surface area contributed by atoms with Gasteiger partial charge in [-0.3, -0.25) is 9.59 Å². The number of hydrogen-bond donors (Lipinski definition) is 1. The highest BCUT2D eigenvalue weighted by Gasteiger charge is 2.22. The first kappa shape index (κ1) is 19.4. The molecule has 0 spiro atoms. The molecular weight excluding hydrogens is 352 g/mol. The van der Waals surface area contributed by atoms with Crippen LogP contribution in [-0.2, 0) is 4.79 Å². The van der Waals surface area contributed by atoms with Gasteiger partial charge >= 0.3 is 0 Å². The zero-order valence-electron chi connectivity index (χ0n) is 16.6. The highest BCUT2D eigenvalue weighted by Crippen LogP contribution is 2.22. The molecule has 0 saturated heterocycles. The van der Waals surface area contributed by atoms with Crippen LogP contribution >= 0.6 is 0 Å². The predicted molar refractivity (Wildman–Crippen MR) is 111 cm³/mol. The van der Waals surface area contributed by atoms with E-state index in [0.29, 0.717) is 23.6 Å². The molecule has 1 heterocycles. The van der Waals surface area contributed by atoms with Crippen LogP contribution in [0.1, 0.15) is 34.2 Å². The maximum atomic E-state index is 12.7. The van der Waals surface area contributed by atoms with Crippen molar-refractivity contribution in [2.45, 2.75) is 27.7 Å². The Labute approximate surface area is 165 Å². The molecule has 1 amide bonds. The van der Waals surface area contributed by atoms with Gasteiger partial charge in [0.2, 0.25) is 0 Å². The van der Waals surface area contributed by atoms with E-state index in [4.69, 9.17) is 4.74 Å². The van der Waals surface area contributed by atoms with E-state index in [1.807, 2.05) is 56.5 Å². The highest BCUT2D eigenvalue weighted by atomic mass is 16.5. The van der Waals surface area contributed by atoms with Gasteiger partial charge in [-0.2, -0.15) is 0 Å². The summed E-state index contributed by atoms with van der Waals surface area (Å²) < 4.78 is 7.36. The Balaban J connectivity index is 1.81. The lowest BCUT2D eigenvalue weighted by Gasteiger charge is -2.10. The molecule has 3 rings (SSSR count). The van der Waals surface area contributed by atoms with E-state index in [-0.39, 0.29) is 0 Å². The van der Waals surface area contributed by atoms with E-state index < -0.39 is 11.7 Å². The normalized spacial score (nSPS) is 10.6. The maximum absolute atomic E-state index is 12.7. The van der Waals surface area contributed by atoms with Crippen LogP contribution in [0.25, 0.3) is 5.69 Å². The van der Waals surface area contributed by atoms with Crippen LogP contribution < -0.4 is 10.1 Å². The molecule has 0 aliphatic carbocycles. The van der Waals surface area contributed by atoms with Crippen molar-refractivity contribution in [2.24, 2.45) is 0 Å². The summed E-state index contributed by atoms with van der Waals surface area (Å²) in [6, 6.07) is 16.8. The fourth-order valence-electron chi connectivity index (χ4n) is 3.20. The van der Waals surface area contributed by atoms with Gasteiger partial charge in [-0.15, -0.1) is 0 Å².